The van der Waals surface area contributed by atoms with Crippen LogP contribution in [0.2, 0.25) is 0 Å². The van der Waals surface area contributed by atoms with Crippen LogP contribution in [-0.2, 0) is 66.4 Å². The monoisotopic (exact) mass is 656 g/mol. The lowest BCUT2D eigenvalue weighted by Gasteiger charge is -2.19. The van der Waals surface area contributed by atoms with Gasteiger partial charge in [-0.25, -0.2) is 4.79 Å². The van der Waals surface area contributed by atoms with Gasteiger partial charge in [0.25, 0.3) is 0 Å². The maximum atomic E-state index is 11.6. The van der Waals surface area contributed by atoms with Crippen LogP contribution in [0.25, 0.3) is 0 Å². The van der Waals surface area contributed by atoms with Crippen molar-refractivity contribution in [2.45, 2.75) is 59.2 Å². The van der Waals surface area contributed by atoms with Crippen LogP contribution >= 0.6 is 0 Å². The van der Waals surface area contributed by atoms with Crippen molar-refractivity contribution in [1.82, 2.24) is 0 Å². The van der Waals surface area contributed by atoms with E-state index < -0.39 is 11.2 Å². The molecule has 0 aliphatic carbocycles. The van der Waals surface area contributed by atoms with Gasteiger partial charge in [0.15, 0.2) is 0 Å². The molecule has 0 saturated heterocycles. The molecule has 0 unspecified atom stereocenters. The molecule has 14 heteroatoms. The lowest BCUT2D eigenvalue weighted by molar-refractivity contribution is -0.161. The average Bonchev–Trinajstić information content (AvgIpc) is 2.94. The zero-order valence-corrected chi connectivity index (χ0v) is 28.6. The zero-order valence-electron chi connectivity index (χ0n) is 28.6. The SMILES string of the molecule is CC(C)(C)OC(=O)CCOCCOCCOCCOCCOCCOCCOCCOCCOCCOCC(=O)OC(C)(C)C. The molecule has 0 saturated carbocycles. The summed E-state index contributed by atoms with van der Waals surface area (Å²) in [5.41, 5.74) is -0.990. The van der Waals surface area contributed by atoms with Crippen molar-refractivity contribution >= 4 is 11.9 Å². The van der Waals surface area contributed by atoms with Gasteiger partial charge in [0, 0.05) is 0 Å². The summed E-state index contributed by atoms with van der Waals surface area (Å²) in [6.45, 7) is 19.3. The van der Waals surface area contributed by atoms with Gasteiger partial charge >= 0.3 is 11.9 Å². The number of esters is 2. The molecule has 0 radical (unpaired) electrons. The van der Waals surface area contributed by atoms with E-state index in [0.29, 0.717) is 126 Å². The van der Waals surface area contributed by atoms with Crippen LogP contribution in [-0.4, -0.2) is 155 Å². The second-order valence-corrected chi connectivity index (χ2v) is 11.5. The number of hydrogen-bond donors (Lipinski definition) is 0. The third-order valence-electron chi connectivity index (χ3n) is 4.86. The Kier molecular flexibility index (Phi) is 28.9. The van der Waals surface area contributed by atoms with Gasteiger partial charge in [0.1, 0.15) is 17.8 Å². The van der Waals surface area contributed by atoms with Crippen molar-refractivity contribution < 1.29 is 66.4 Å². The Morgan fingerprint density at radius 3 is 0.822 bits per heavy atom. The van der Waals surface area contributed by atoms with Crippen LogP contribution in [0.3, 0.4) is 0 Å². The maximum absolute atomic E-state index is 11.6. The van der Waals surface area contributed by atoms with Gasteiger partial charge in [0.2, 0.25) is 0 Å². The molecule has 45 heavy (non-hydrogen) atoms. The summed E-state index contributed by atoms with van der Waals surface area (Å²) in [5.74, 6) is -0.658. The smallest absolute Gasteiger partial charge is 0.332 e. The van der Waals surface area contributed by atoms with E-state index in [1.54, 1.807) is 0 Å². The summed E-state index contributed by atoms with van der Waals surface area (Å²) < 4.78 is 64.4. The van der Waals surface area contributed by atoms with Crippen molar-refractivity contribution in [3.63, 3.8) is 0 Å². The zero-order chi connectivity index (χ0) is 33.5. The fourth-order valence-electron chi connectivity index (χ4n) is 3.05. The fourth-order valence-corrected chi connectivity index (χ4v) is 3.05. The van der Waals surface area contributed by atoms with Crippen LogP contribution in [0.1, 0.15) is 48.0 Å². The third-order valence-corrected chi connectivity index (χ3v) is 4.86. The quantitative estimate of drug-likeness (QED) is 0.0771. The minimum absolute atomic E-state index is 0.0865. The number of carbonyl (C=O) groups is 2. The van der Waals surface area contributed by atoms with Crippen LogP contribution in [0.4, 0.5) is 0 Å². The Morgan fingerprint density at radius 1 is 0.333 bits per heavy atom. The van der Waals surface area contributed by atoms with Gasteiger partial charge < -0.3 is 56.8 Å². The van der Waals surface area contributed by atoms with E-state index in [9.17, 15) is 9.59 Å². The topological polar surface area (TPSA) is 145 Å². The molecule has 0 aliphatic heterocycles. The summed E-state index contributed by atoms with van der Waals surface area (Å²) in [6, 6.07) is 0. The molecular weight excluding hydrogens is 596 g/mol. The predicted octanol–water partition coefficient (Wildman–Crippen LogP) is 2.23. The van der Waals surface area contributed by atoms with Gasteiger partial charge in [-0.05, 0) is 41.5 Å². The highest BCUT2D eigenvalue weighted by atomic mass is 16.6. The summed E-state index contributed by atoms with van der Waals surface area (Å²) in [6.07, 6.45) is 0.228. The number of carbonyl (C=O) groups excluding carboxylic acids is 2. The average molecular weight is 657 g/mol. The van der Waals surface area contributed by atoms with E-state index in [1.807, 2.05) is 41.5 Å². The Bertz CT molecular complexity index is 622. The molecule has 268 valence electrons. The first kappa shape index (κ1) is 43.5. The lowest BCUT2D eigenvalue weighted by atomic mass is 10.2. The number of rotatable bonds is 32. The number of ether oxygens (including phenoxy) is 12. The van der Waals surface area contributed by atoms with E-state index in [1.165, 1.54) is 0 Å². The van der Waals surface area contributed by atoms with Crippen molar-refractivity contribution in [2.75, 3.05) is 132 Å². The summed E-state index contributed by atoms with van der Waals surface area (Å²) in [5, 5.41) is 0. The first-order valence-electron chi connectivity index (χ1n) is 15.7. The minimum atomic E-state index is -0.513. The van der Waals surface area contributed by atoms with E-state index in [-0.39, 0.29) is 25.0 Å². The van der Waals surface area contributed by atoms with Crippen LogP contribution in [0.5, 0.6) is 0 Å². The molecule has 0 aromatic rings. The van der Waals surface area contributed by atoms with E-state index in [2.05, 4.69) is 0 Å². The molecule has 0 fully saturated rings. The Hall–Kier alpha value is -1.46. The second kappa shape index (κ2) is 29.9. The van der Waals surface area contributed by atoms with Crippen LogP contribution < -0.4 is 0 Å². The molecule has 0 amide bonds. The molecule has 0 rings (SSSR count). The Balaban J connectivity index is 3.15. The Labute approximate surface area is 269 Å². The molecule has 0 aliphatic rings. The van der Waals surface area contributed by atoms with Gasteiger partial charge in [-0.2, -0.15) is 0 Å². The molecule has 0 aromatic heterocycles. The van der Waals surface area contributed by atoms with Crippen molar-refractivity contribution in [3.8, 4) is 0 Å². The van der Waals surface area contributed by atoms with Crippen molar-refractivity contribution in [2.24, 2.45) is 0 Å². The highest BCUT2D eigenvalue weighted by Crippen LogP contribution is 2.08. The molecule has 0 atom stereocenters. The van der Waals surface area contributed by atoms with E-state index in [0.717, 1.165) is 0 Å². The lowest BCUT2D eigenvalue weighted by Crippen LogP contribution is -2.27. The molecular formula is C31H60O14. The van der Waals surface area contributed by atoms with Crippen LogP contribution in [0, 0.1) is 0 Å². The molecule has 0 aromatic carbocycles. The first-order chi connectivity index (χ1) is 21.5. The normalized spacial score (nSPS) is 12.0. The Morgan fingerprint density at radius 2 is 0.556 bits per heavy atom. The van der Waals surface area contributed by atoms with Gasteiger partial charge in [-0.3, -0.25) is 4.79 Å². The summed E-state index contributed by atoms with van der Waals surface area (Å²) in [4.78, 5) is 23.0. The second-order valence-electron chi connectivity index (χ2n) is 11.5. The fraction of sp³-hybridized carbons (Fsp3) is 0.935. The molecule has 0 bridgehead atoms. The first-order valence-corrected chi connectivity index (χ1v) is 15.7. The van der Waals surface area contributed by atoms with Gasteiger partial charge in [0.05, 0.1) is 132 Å². The van der Waals surface area contributed by atoms with Gasteiger partial charge in [-0.1, -0.05) is 0 Å². The predicted molar refractivity (Wildman–Crippen MR) is 164 cm³/mol. The molecule has 0 N–H and O–H groups in total. The third kappa shape index (κ3) is 38.6. The maximum Gasteiger partial charge on any atom is 0.332 e. The summed E-state index contributed by atoms with van der Waals surface area (Å²) in [7, 11) is 0. The molecule has 0 heterocycles. The van der Waals surface area contributed by atoms with E-state index in [4.69, 9.17) is 56.8 Å². The van der Waals surface area contributed by atoms with Crippen molar-refractivity contribution in [3.05, 3.63) is 0 Å². The number of hydrogen-bond acceptors (Lipinski definition) is 14. The highest BCUT2D eigenvalue weighted by molar-refractivity contribution is 5.71. The highest BCUT2D eigenvalue weighted by Gasteiger charge is 2.16. The minimum Gasteiger partial charge on any atom is -0.460 e. The largest absolute Gasteiger partial charge is 0.460 e. The van der Waals surface area contributed by atoms with Crippen molar-refractivity contribution in [1.29, 1.82) is 0 Å². The molecule has 14 nitrogen and oxygen atoms in total. The van der Waals surface area contributed by atoms with Gasteiger partial charge in [-0.15, -0.1) is 0 Å². The standard InChI is InChI=1S/C31H60O14/c1-30(2,3)44-28(32)7-8-34-9-10-35-11-12-36-13-14-37-15-16-38-17-18-39-19-20-40-21-22-41-23-24-42-25-26-43-27-29(33)45-31(4,5)6/h7-27H2,1-6H3. The summed E-state index contributed by atoms with van der Waals surface area (Å²) >= 11 is 0. The van der Waals surface area contributed by atoms with Crippen LogP contribution in [0.15, 0.2) is 0 Å². The molecule has 0 spiro atoms. The van der Waals surface area contributed by atoms with E-state index >= 15 is 0 Å².